The lowest BCUT2D eigenvalue weighted by Crippen LogP contribution is -2.19. The third kappa shape index (κ3) is 3.46. The maximum absolute atomic E-state index is 10.7. The van der Waals surface area contributed by atoms with E-state index >= 15 is 0 Å². The first-order valence-electron chi connectivity index (χ1n) is 4.27. The molecule has 0 aromatic heterocycles. The predicted molar refractivity (Wildman–Crippen MR) is 45.4 cm³/mol. The molecule has 1 aliphatic rings. The molecule has 1 fully saturated rings. The fraction of sp³-hybridized carbons (Fsp3) is 0.857. The summed E-state index contributed by atoms with van der Waals surface area (Å²) in [7, 11) is -4.68. The Hall–Kier alpha value is -0.380. The predicted octanol–water partition coefficient (Wildman–Crippen LogP) is 1.63. The van der Waals surface area contributed by atoms with E-state index in [4.69, 9.17) is 9.79 Å². The van der Waals surface area contributed by atoms with Crippen molar-refractivity contribution in [1.82, 2.24) is 0 Å². The SMILES string of the molecule is O=C(OC1CCCCC1)P(=O)(O)O. The minimum Gasteiger partial charge on any atom is -0.453 e. The topological polar surface area (TPSA) is 83.8 Å². The smallest absolute Gasteiger partial charge is 0.433 e. The van der Waals surface area contributed by atoms with Gasteiger partial charge in [0.25, 0.3) is 0 Å². The molecule has 0 saturated heterocycles. The molecule has 0 aliphatic heterocycles. The van der Waals surface area contributed by atoms with Crippen molar-refractivity contribution in [3.63, 3.8) is 0 Å². The van der Waals surface area contributed by atoms with Crippen LogP contribution < -0.4 is 0 Å². The Bertz CT molecular complexity index is 227. The number of hydrogen-bond acceptors (Lipinski definition) is 3. The van der Waals surface area contributed by atoms with Crippen molar-refractivity contribution in [3.05, 3.63) is 0 Å². The fourth-order valence-electron chi connectivity index (χ4n) is 1.39. The molecule has 0 bridgehead atoms. The molecule has 0 amide bonds. The number of carbonyl (C=O) groups is 1. The van der Waals surface area contributed by atoms with Crippen molar-refractivity contribution in [2.75, 3.05) is 0 Å². The van der Waals surface area contributed by atoms with Crippen molar-refractivity contribution in [2.24, 2.45) is 0 Å². The number of hydrogen-bond donors (Lipinski definition) is 2. The van der Waals surface area contributed by atoms with Gasteiger partial charge in [0.15, 0.2) is 0 Å². The molecule has 2 N–H and O–H groups in total. The van der Waals surface area contributed by atoms with E-state index in [0.717, 1.165) is 19.3 Å². The van der Waals surface area contributed by atoms with Gasteiger partial charge in [-0.3, -0.25) is 0 Å². The summed E-state index contributed by atoms with van der Waals surface area (Å²) >= 11 is 0. The first kappa shape index (κ1) is 10.7. The van der Waals surface area contributed by atoms with Gasteiger partial charge in [-0.05, 0) is 25.7 Å². The second-order valence-corrected chi connectivity index (χ2v) is 4.64. The van der Waals surface area contributed by atoms with E-state index in [9.17, 15) is 9.36 Å². The van der Waals surface area contributed by atoms with E-state index in [-0.39, 0.29) is 6.10 Å². The number of carbonyl (C=O) groups excluding carboxylic acids is 1. The lowest BCUT2D eigenvalue weighted by atomic mass is 9.98. The van der Waals surface area contributed by atoms with Crippen molar-refractivity contribution in [2.45, 2.75) is 38.2 Å². The van der Waals surface area contributed by atoms with Gasteiger partial charge in [-0.25, -0.2) is 9.36 Å². The Balaban J connectivity index is 2.39. The highest BCUT2D eigenvalue weighted by molar-refractivity contribution is 7.69. The van der Waals surface area contributed by atoms with Gasteiger partial charge in [0.2, 0.25) is 0 Å². The van der Waals surface area contributed by atoms with Crippen LogP contribution in [-0.4, -0.2) is 21.6 Å². The van der Waals surface area contributed by atoms with Crippen LogP contribution in [0.1, 0.15) is 32.1 Å². The van der Waals surface area contributed by atoms with Gasteiger partial charge in [0.05, 0.1) is 0 Å². The van der Waals surface area contributed by atoms with Crippen molar-refractivity contribution < 1.29 is 23.9 Å². The zero-order valence-corrected chi connectivity index (χ0v) is 8.07. The van der Waals surface area contributed by atoms with Gasteiger partial charge in [-0.2, -0.15) is 0 Å². The Morgan fingerprint density at radius 2 is 1.77 bits per heavy atom. The highest BCUT2D eigenvalue weighted by Gasteiger charge is 2.31. The van der Waals surface area contributed by atoms with E-state index in [1.54, 1.807) is 0 Å². The van der Waals surface area contributed by atoms with Crippen LogP contribution >= 0.6 is 7.60 Å². The highest BCUT2D eigenvalue weighted by atomic mass is 31.2. The third-order valence-electron chi connectivity index (χ3n) is 2.06. The monoisotopic (exact) mass is 208 g/mol. The van der Waals surface area contributed by atoms with Crippen LogP contribution in [0.2, 0.25) is 0 Å². The van der Waals surface area contributed by atoms with E-state index < -0.39 is 13.3 Å². The van der Waals surface area contributed by atoms with Crippen LogP contribution in [0.15, 0.2) is 0 Å². The molecule has 0 unspecified atom stereocenters. The van der Waals surface area contributed by atoms with Crippen molar-refractivity contribution >= 4 is 13.3 Å². The summed E-state index contributed by atoms with van der Waals surface area (Å²) in [5, 5.41) is 0. The Kier molecular flexibility index (Phi) is 3.47. The van der Waals surface area contributed by atoms with Gasteiger partial charge >= 0.3 is 13.3 Å². The molecule has 1 aliphatic carbocycles. The van der Waals surface area contributed by atoms with Crippen LogP contribution in [0, 0.1) is 0 Å². The fourth-order valence-corrected chi connectivity index (χ4v) is 1.68. The molecule has 0 heterocycles. The zero-order chi connectivity index (χ0) is 9.90. The summed E-state index contributed by atoms with van der Waals surface area (Å²) in [6, 6.07) is 0. The van der Waals surface area contributed by atoms with Gasteiger partial charge in [0, 0.05) is 0 Å². The summed E-state index contributed by atoms with van der Waals surface area (Å²) in [6.45, 7) is 0. The Morgan fingerprint density at radius 3 is 2.23 bits per heavy atom. The van der Waals surface area contributed by atoms with Gasteiger partial charge in [-0.1, -0.05) is 6.42 Å². The maximum atomic E-state index is 10.7. The van der Waals surface area contributed by atoms with E-state index in [1.807, 2.05) is 0 Å². The molecule has 1 saturated carbocycles. The molecule has 0 spiro atoms. The summed E-state index contributed by atoms with van der Waals surface area (Å²) < 4.78 is 15.1. The highest BCUT2D eigenvalue weighted by Crippen LogP contribution is 2.38. The lowest BCUT2D eigenvalue weighted by Gasteiger charge is -2.21. The second-order valence-electron chi connectivity index (χ2n) is 3.19. The molecular weight excluding hydrogens is 195 g/mol. The molecule has 76 valence electrons. The van der Waals surface area contributed by atoms with Crippen LogP contribution in [-0.2, 0) is 9.30 Å². The lowest BCUT2D eigenvalue weighted by molar-refractivity contribution is 0.0895. The molecule has 0 atom stereocenters. The normalized spacial score (nSPS) is 19.8. The first-order valence-corrected chi connectivity index (χ1v) is 5.88. The quantitative estimate of drug-likeness (QED) is 0.674. The minimum absolute atomic E-state index is 0.297. The molecule has 5 nitrogen and oxygen atoms in total. The Labute approximate surface area is 76.2 Å². The van der Waals surface area contributed by atoms with E-state index in [1.165, 1.54) is 0 Å². The second kappa shape index (κ2) is 4.22. The van der Waals surface area contributed by atoms with Crippen LogP contribution in [0.4, 0.5) is 4.79 Å². The van der Waals surface area contributed by atoms with E-state index in [0.29, 0.717) is 12.8 Å². The van der Waals surface area contributed by atoms with Crippen LogP contribution in [0.3, 0.4) is 0 Å². The zero-order valence-electron chi connectivity index (χ0n) is 7.18. The van der Waals surface area contributed by atoms with E-state index in [2.05, 4.69) is 4.74 Å². The molecule has 6 heteroatoms. The summed E-state index contributed by atoms with van der Waals surface area (Å²) in [6.07, 6.45) is 4.15. The standard InChI is InChI=1S/C7H13O5P/c8-7(13(9,10)11)12-6-4-2-1-3-5-6/h6H,1-5H2,(H2,9,10,11). The van der Waals surface area contributed by atoms with Gasteiger partial charge in [0.1, 0.15) is 6.10 Å². The largest absolute Gasteiger partial charge is 0.453 e. The molecule has 1 rings (SSSR count). The average Bonchev–Trinajstić information content (AvgIpc) is 2.04. The molecule has 0 radical (unpaired) electrons. The summed E-state index contributed by atoms with van der Waals surface area (Å²) in [5.74, 6) is 0. The summed E-state index contributed by atoms with van der Waals surface area (Å²) in [5.41, 5.74) is -1.39. The molecule has 0 aromatic rings. The molecule has 13 heavy (non-hydrogen) atoms. The number of ether oxygens (including phenoxy) is 1. The first-order chi connectivity index (χ1) is 6.00. The molecular formula is C7H13O5P. The maximum Gasteiger partial charge on any atom is 0.433 e. The minimum atomic E-state index is -4.68. The molecule has 0 aromatic carbocycles. The van der Waals surface area contributed by atoms with Gasteiger partial charge < -0.3 is 14.5 Å². The van der Waals surface area contributed by atoms with Crippen LogP contribution in [0.25, 0.3) is 0 Å². The number of rotatable bonds is 2. The average molecular weight is 208 g/mol. The van der Waals surface area contributed by atoms with Crippen LogP contribution in [0.5, 0.6) is 0 Å². The van der Waals surface area contributed by atoms with Gasteiger partial charge in [-0.15, -0.1) is 0 Å². The van der Waals surface area contributed by atoms with Crippen molar-refractivity contribution in [1.29, 1.82) is 0 Å². The van der Waals surface area contributed by atoms with Crippen molar-refractivity contribution in [3.8, 4) is 0 Å². The Morgan fingerprint density at radius 1 is 1.23 bits per heavy atom. The third-order valence-corrected chi connectivity index (χ3v) is 2.64. The summed E-state index contributed by atoms with van der Waals surface area (Å²) in [4.78, 5) is 27.7.